The van der Waals surface area contributed by atoms with Crippen molar-refractivity contribution in [1.82, 2.24) is 0 Å². The highest BCUT2D eigenvalue weighted by molar-refractivity contribution is 7.84. The number of nitrogens with two attached hydrogens (primary N) is 1. The fourth-order valence-corrected chi connectivity index (χ4v) is 4.87. The van der Waals surface area contributed by atoms with Crippen molar-refractivity contribution in [2.75, 3.05) is 0 Å². The Labute approximate surface area is 129 Å². The van der Waals surface area contributed by atoms with Crippen molar-refractivity contribution in [2.24, 2.45) is 11.1 Å². The molecule has 3 rings (SSSR count). The van der Waals surface area contributed by atoms with E-state index in [-0.39, 0.29) is 5.75 Å². The minimum Gasteiger partial charge on any atom is -0.371 e. The summed E-state index contributed by atoms with van der Waals surface area (Å²) in [5.41, 5.74) is 0. The molecule has 1 heterocycles. The van der Waals surface area contributed by atoms with Crippen molar-refractivity contribution in [3.8, 4) is 5.75 Å². The zero-order valence-electron chi connectivity index (χ0n) is 11.9. The van der Waals surface area contributed by atoms with Crippen LogP contribution in [0.15, 0.2) is 24.3 Å². The number of hydrogen-bond donors (Lipinski definition) is 1. The first-order valence-corrected chi connectivity index (χ1v) is 9.47. The van der Waals surface area contributed by atoms with Crippen molar-refractivity contribution in [3.63, 3.8) is 0 Å². The molecule has 4 nitrogen and oxygen atoms in total. The van der Waals surface area contributed by atoms with Gasteiger partial charge in [0.2, 0.25) is 0 Å². The molecule has 2 atom stereocenters. The Kier molecular flexibility index (Phi) is 3.94. The van der Waals surface area contributed by atoms with Gasteiger partial charge < -0.3 is 4.18 Å². The molecule has 6 heteroatoms. The number of thiophene rings is 1. The van der Waals surface area contributed by atoms with Gasteiger partial charge in [-0.3, -0.25) is 0 Å². The van der Waals surface area contributed by atoms with Gasteiger partial charge in [-0.15, -0.1) is 11.3 Å². The second-order valence-corrected chi connectivity index (χ2v) is 8.06. The average molecular weight is 325 g/mol. The third-order valence-corrected chi connectivity index (χ3v) is 5.85. The van der Waals surface area contributed by atoms with E-state index in [1.807, 2.05) is 6.07 Å². The highest BCUT2D eigenvalue weighted by Crippen LogP contribution is 2.42. The molecule has 1 aliphatic carbocycles. The molecule has 0 radical (unpaired) electrons. The molecule has 1 aliphatic rings. The maximum absolute atomic E-state index is 11.0. The van der Waals surface area contributed by atoms with Crippen molar-refractivity contribution < 1.29 is 12.6 Å². The summed E-state index contributed by atoms with van der Waals surface area (Å²) in [4.78, 5) is 1.39. The predicted molar refractivity (Wildman–Crippen MR) is 85.9 cm³/mol. The first-order valence-electron chi connectivity index (χ1n) is 7.18. The van der Waals surface area contributed by atoms with E-state index in [9.17, 15) is 8.42 Å². The second-order valence-electron chi connectivity index (χ2n) is 5.79. The summed E-state index contributed by atoms with van der Waals surface area (Å²) >= 11 is 1.73. The van der Waals surface area contributed by atoms with E-state index < -0.39 is 10.3 Å². The SMILES string of the molecule is CC1CCCCC1c1cc2ccc(OS(N)(=O)=O)cc2s1. The molecule has 1 aromatic heterocycles. The first-order chi connectivity index (χ1) is 9.92. The standard InChI is InChI=1S/C15H19NO3S2/c1-10-4-2-3-5-13(10)15-8-11-6-7-12(9-14(11)20-15)19-21(16,17)18/h6-10,13H,2-5H2,1H3,(H2,16,17,18). The van der Waals surface area contributed by atoms with Crippen LogP contribution in [-0.4, -0.2) is 8.42 Å². The van der Waals surface area contributed by atoms with E-state index in [4.69, 9.17) is 9.32 Å². The molecule has 1 saturated carbocycles. The monoisotopic (exact) mass is 325 g/mol. The van der Waals surface area contributed by atoms with Gasteiger partial charge in [0.05, 0.1) is 0 Å². The van der Waals surface area contributed by atoms with E-state index in [1.165, 1.54) is 30.6 Å². The molecule has 2 N–H and O–H groups in total. The van der Waals surface area contributed by atoms with Gasteiger partial charge in [-0.1, -0.05) is 26.2 Å². The lowest BCUT2D eigenvalue weighted by molar-refractivity contribution is 0.334. The Morgan fingerprint density at radius 2 is 2.00 bits per heavy atom. The van der Waals surface area contributed by atoms with Gasteiger partial charge in [0.15, 0.2) is 0 Å². The van der Waals surface area contributed by atoms with Crippen LogP contribution in [0.2, 0.25) is 0 Å². The van der Waals surface area contributed by atoms with Gasteiger partial charge >= 0.3 is 10.3 Å². The van der Waals surface area contributed by atoms with Crippen molar-refractivity contribution in [3.05, 3.63) is 29.1 Å². The van der Waals surface area contributed by atoms with E-state index in [0.29, 0.717) is 11.8 Å². The maximum Gasteiger partial charge on any atom is 0.380 e. The fourth-order valence-electron chi connectivity index (χ4n) is 3.14. The highest BCUT2D eigenvalue weighted by atomic mass is 32.2. The lowest BCUT2D eigenvalue weighted by Gasteiger charge is -2.27. The third-order valence-electron chi connectivity index (χ3n) is 4.20. The minimum absolute atomic E-state index is 0.273. The van der Waals surface area contributed by atoms with Crippen LogP contribution in [0.1, 0.15) is 43.4 Å². The second kappa shape index (κ2) is 5.59. The van der Waals surface area contributed by atoms with Crippen molar-refractivity contribution in [1.29, 1.82) is 0 Å². The Morgan fingerprint density at radius 3 is 2.71 bits per heavy atom. The highest BCUT2D eigenvalue weighted by Gasteiger charge is 2.24. The summed E-state index contributed by atoms with van der Waals surface area (Å²) in [5, 5.41) is 6.04. The molecule has 0 aliphatic heterocycles. The number of benzene rings is 1. The van der Waals surface area contributed by atoms with Crippen LogP contribution in [0.25, 0.3) is 10.1 Å². The Bertz CT molecular complexity index is 751. The van der Waals surface area contributed by atoms with Crippen LogP contribution in [0, 0.1) is 5.92 Å². The van der Waals surface area contributed by atoms with Gasteiger partial charge in [-0.25, -0.2) is 0 Å². The molecule has 1 fully saturated rings. The first kappa shape index (κ1) is 14.8. The molecule has 21 heavy (non-hydrogen) atoms. The summed E-state index contributed by atoms with van der Waals surface area (Å²) in [6, 6.07) is 7.52. The third kappa shape index (κ3) is 3.39. The van der Waals surface area contributed by atoms with Crippen LogP contribution < -0.4 is 9.32 Å². The molecular formula is C15H19NO3S2. The van der Waals surface area contributed by atoms with Crippen LogP contribution in [0.5, 0.6) is 5.75 Å². The van der Waals surface area contributed by atoms with Crippen molar-refractivity contribution >= 4 is 31.7 Å². The van der Waals surface area contributed by atoms with E-state index in [1.54, 1.807) is 23.5 Å². The van der Waals surface area contributed by atoms with Gasteiger partial charge in [-0.2, -0.15) is 13.6 Å². The smallest absolute Gasteiger partial charge is 0.371 e. The normalized spacial score (nSPS) is 23.3. The largest absolute Gasteiger partial charge is 0.380 e. The van der Waals surface area contributed by atoms with Gasteiger partial charge in [0.1, 0.15) is 5.75 Å². The summed E-state index contributed by atoms with van der Waals surface area (Å²) in [6.07, 6.45) is 5.16. The molecule has 2 aromatic rings. The summed E-state index contributed by atoms with van der Waals surface area (Å²) < 4.78 is 27.8. The molecule has 114 valence electrons. The van der Waals surface area contributed by atoms with Gasteiger partial charge in [-0.05, 0) is 47.9 Å². The molecule has 1 aromatic carbocycles. The quantitative estimate of drug-likeness (QED) is 0.933. The summed E-state index contributed by atoms with van der Waals surface area (Å²) in [5.74, 6) is 1.61. The zero-order chi connectivity index (χ0) is 15.0. The van der Waals surface area contributed by atoms with E-state index in [2.05, 4.69) is 13.0 Å². The fraction of sp³-hybridized carbons (Fsp3) is 0.467. The number of rotatable bonds is 3. The zero-order valence-corrected chi connectivity index (χ0v) is 13.5. The lowest BCUT2D eigenvalue weighted by atomic mass is 9.79. The average Bonchev–Trinajstić information content (AvgIpc) is 2.80. The Balaban J connectivity index is 1.92. The maximum atomic E-state index is 11.0. The van der Waals surface area contributed by atoms with Crippen LogP contribution in [-0.2, 0) is 10.3 Å². The minimum atomic E-state index is -3.96. The summed E-state index contributed by atoms with van der Waals surface area (Å²) in [6.45, 7) is 2.32. The predicted octanol–water partition coefficient (Wildman–Crippen LogP) is 3.78. The molecule has 0 saturated heterocycles. The van der Waals surface area contributed by atoms with Gasteiger partial charge in [0.25, 0.3) is 0 Å². The van der Waals surface area contributed by atoms with Gasteiger partial charge in [0, 0.05) is 9.58 Å². The lowest BCUT2D eigenvalue weighted by Crippen LogP contribution is -2.18. The van der Waals surface area contributed by atoms with Crippen molar-refractivity contribution in [2.45, 2.75) is 38.5 Å². The Hall–Kier alpha value is -1.11. The van der Waals surface area contributed by atoms with Crippen LogP contribution in [0.3, 0.4) is 0 Å². The molecular weight excluding hydrogens is 306 g/mol. The topological polar surface area (TPSA) is 69.4 Å². The molecule has 0 bridgehead atoms. The van der Waals surface area contributed by atoms with Crippen LogP contribution in [0.4, 0.5) is 0 Å². The number of hydrogen-bond acceptors (Lipinski definition) is 4. The van der Waals surface area contributed by atoms with E-state index >= 15 is 0 Å². The molecule has 0 amide bonds. The Morgan fingerprint density at radius 1 is 1.24 bits per heavy atom. The number of fused-ring (bicyclic) bond motifs is 1. The molecule has 2 unspecified atom stereocenters. The summed E-state index contributed by atoms with van der Waals surface area (Å²) in [7, 11) is -3.96. The van der Waals surface area contributed by atoms with Crippen LogP contribution >= 0.6 is 11.3 Å². The molecule has 0 spiro atoms. The van der Waals surface area contributed by atoms with E-state index in [0.717, 1.165) is 10.1 Å².